The Morgan fingerprint density at radius 3 is 2.60 bits per heavy atom. The number of aromatic nitrogens is 1. The molecule has 3 N–H and O–H groups in total. The molecule has 2 aromatic rings. The Labute approximate surface area is 147 Å². The van der Waals surface area contributed by atoms with Gasteiger partial charge in [-0.1, -0.05) is 12.1 Å². The van der Waals surface area contributed by atoms with Gasteiger partial charge in [0.2, 0.25) is 0 Å². The largest absolute Gasteiger partial charge is 0.398 e. The molecule has 0 radical (unpaired) electrons. The molecule has 1 aromatic heterocycles. The van der Waals surface area contributed by atoms with Crippen molar-refractivity contribution in [2.45, 2.75) is 18.9 Å². The van der Waals surface area contributed by atoms with E-state index < -0.39 is 0 Å². The summed E-state index contributed by atoms with van der Waals surface area (Å²) >= 11 is 0. The average Bonchev–Trinajstić information content (AvgIpc) is 2.97. The fourth-order valence-electron chi connectivity index (χ4n) is 3.72. The number of hydrogen-bond donors (Lipinski definition) is 2. The minimum absolute atomic E-state index is 0.214. The molecule has 3 aliphatic heterocycles. The third-order valence-corrected chi connectivity index (χ3v) is 5.16. The Kier molecular flexibility index (Phi) is 4.28. The van der Waals surface area contributed by atoms with Crippen LogP contribution in [0.1, 0.15) is 23.2 Å². The van der Waals surface area contributed by atoms with Gasteiger partial charge in [0.25, 0.3) is 5.91 Å². The maximum Gasteiger partial charge on any atom is 0.257 e. The van der Waals surface area contributed by atoms with E-state index in [0.717, 1.165) is 18.9 Å². The molecule has 6 nitrogen and oxygen atoms in total. The number of nitrogen functional groups attached to an aromatic ring is 1. The number of hydrogen-bond acceptors (Lipinski definition) is 5. The van der Waals surface area contributed by atoms with Gasteiger partial charge in [0, 0.05) is 37.9 Å². The van der Waals surface area contributed by atoms with Crippen molar-refractivity contribution < 1.29 is 4.79 Å². The number of carbonyl (C=O) groups is 1. The van der Waals surface area contributed by atoms with Crippen LogP contribution in [0.4, 0.5) is 17.2 Å². The van der Waals surface area contributed by atoms with E-state index >= 15 is 0 Å². The fourth-order valence-corrected chi connectivity index (χ4v) is 3.72. The highest BCUT2D eigenvalue weighted by Crippen LogP contribution is 2.26. The standard InChI is InChI=1S/C19H23N5O/c20-17-4-2-1-3-16(17)19(25)22-14-5-6-18(21-13-14)24-12-11-23-9-7-15(24)8-10-23/h1-6,13,15H,7-12,20H2,(H,22,25). The van der Waals surface area contributed by atoms with Gasteiger partial charge >= 0.3 is 0 Å². The molecule has 5 rings (SSSR count). The highest BCUT2D eigenvalue weighted by atomic mass is 16.1. The van der Waals surface area contributed by atoms with Crippen molar-refractivity contribution in [3.8, 4) is 0 Å². The van der Waals surface area contributed by atoms with E-state index in [2.05, 4.69) is 20.1 Å². The Balaban J connectivity index is 1.47. The number of para-hydroxylation sites is 1. The molecule has 0 saturated carbocycles. The number of nitrogens with one attached hydrogen (secondary N) is 1. The van der Waals surface area contributed by atoms with Gasteiger partial charge in [-0.05, 0) is 37.1 Å². The monoisotopic (exact) mass is 337 g/mol. The second-order valence-electron chi connectivity index (χ2n) is 6.71. The summed E-state index contributed by atoms with van der Waals surface area (Å²) in [5.74, 6) is 0.778. The summed E-state index contributed by atoms with van der Waals surface area (Å²) in [5, 5.41) is 2.87. The molecule has 1 aromatic carbocycles. The first kappa shape index (κ1) is 15.9. The van der Waals surface area contributed by atoms with Gasteiger partial charge in [-0.15, -0.1) is 0 Å². The molecule has 4 heterocycles. The first-order valence-corrected chi connectivity index (χ1v) is 8.81. The van der Waals surface area contributed by atoms with Crippen LogP contribution in [0.25, 0.3) is 0 Å². The fraction of sp³-hybridized carbons (Fsp3) is 0.368. The summed E-state index contributed by atoms with van der Waals surface area (Å²) in [5.41, 5.74) is 7.49. The molecule has 25 heavy (non-hydrogen) atoms. The van der Waals surface area contributed by atoms with Crippen LogP contribution in [0.15, 0.2) is 42.6 Å². The zero-order chi connectivity index (χ0) is 17.2. The third kappa shape index (κ3) is 3.30. The maximum absolute atomic E-state index is 12.3. The van der Waals surface area contributed by atoms with E-state index in [4.69, 9.17) is 5.73 Å². The van der Waals surface area contributed by atoms with Gasteiger partial charge in [0.1, 0.15) is 5.82 Å². The summed E-state index contributed by atoms with van der Waals surface area (Å²) < 4.78 is 0. The number of carbonyl (C=O) groups excluding carboxylic acids is 1. The minimum atomic E-state index is -0.214. The number of anilines is 3. The SMILES string of the molecule is Nc1ccccc1C(=O)Nc1ccc(N2CCN3CCC2CC3)nc1. The molecule has 0 aliphatic carbocycles. The van der Waals surface area contributed by atoms with Crippen LogP contribution in [0.2, 0.25) is 0 Å². The van der Waals surface area contributed by atoms with Gasteiger partial charge in [0.15, 0.2) is 0 Å². The highest BCUT2D eigenvalue weighted by molar-refractivity contribution is 6.07. The van der Waals surface area contributed by atoms with Gasteiger partial charge in [-0.25, -0.2) is 4.98 Å². The molecule has 0 spiro atoms. The van der Waals surface area contributed by atoms with E-state index in [1.54, 1.807) is 24.4 Å². The van der Waals surface area contributed by atoms with Crippen LogP contribution in [0.3, 0.4) is 0 Å². The van der Waals surface area contributed by atoms with Crippen molar-refractivity contribution in [2.24, 2.45) is 0 Å². The van der Waals surface area contributed by atoms with Crippen molar-refractivity contribution in [1.82, 2.24) is 9.88 Å². The van der Waals surface area contributed by atoms with Crippen molar-refractivity contribution in [2.75, 3.05) is 42.1 Å². The number of piperidine rings is 1. The van der Waals surface area contributed by atoms with Crippen LogP contribution in [-0.2, 0) is 0 Å². The first-order valence-electron chi connectivity index (χ1n) is 8.81. The summed E-state index contributed by atoms with van der Waals surface area (Å²) in [6, 6.07) is 11.5. The van der Waals surface area contributed by atoms with Crippen molar-refractivity contribution in [1.29, 1.82) is 0 Å². The summed E-state index contributed by atoms with van der Waals surface area (Å²) in [7, 11) is 0. The molecular weight excluding hydrogens is 314 g/mol. The summed E-state index contributed by atoms with van der Waals surface area (Å²) in [6.45, 7) is 4.50. The van der Waals surface area contributed by atoms with Crippen molar-refractivity contribution in [3.63, 3.8) is 0 Å². The predicted molar refractivity (Wildman–Crippen MR) is 99.9 cm³/mol. The van der Waals surface area contributed by atoms with E-state index in [1.165, 1.54) is 25.9 Å². The topological polar surface area (TPSA) is 74.5 Å². The van der Waals surface area contributed by atoms with E-state index in [0.29, 0.717) is 23.0 Å². The lowest BCUT2D eigenvalue weighted by atomic mass is 10.1. The highest BCUT2D eigenvalue weighted by Gasteiger charge is 2.29. The summed E-state index contributed by atoms with van der Waals surface area (Å²) in [4.78, 5) is 21.9. The number of pyridine rings is 1. The Morgan fingerprint density at radius 1 is 1.08 bits per heavy atom. The Bertz CT molecular complexity index is 753. The van der Waals surface area contributed by atoms with Crippen molar-refractivity contribution >= 4 is 23.1 Å². The number of nitrogens with zero attached hydrogens (tertiary/aromatic N) is 3. The third-order valence-electron chi connectivity index (χ3n) is 5.16. The average molecular weight is 337 g/mol. The molecule has 1 amide bonds. The van der Waals surface area contributed by atoms with E-state index in [9.17, 15) is 4.79 Å². The second-order valence-corrected chi connectivity index (χ2v) is 6.71. The lowest BCUT2D eigenvalue weighted by Crippen LogP contribution is -2.38. The van der Waals surface area contributed by atoms with Crippen molar-refractivity contribution in [3.05, 3.63) is 48.2 Å². The molecule has 130 valence electrons. The normalized spacial score (nSPS) is 22.5. The van der Waals surface area contributed by atoms with Crippen LogP contribution in [-0.4, -0.2) is 48.0 Å². The van der Waals surface area contributed by atoms with Gasteiger partial charge in [-0.2, -0.15) is 0 Å². The zero-order valence-corrected chi connectivity index (χ0v) is 14.2. The van der Waals surface area contributed by atoms with Crippen LogP contribution < -0.4 is 16.0 Å². The summed E-state index contributed by atoms with van der Waals surface area (Å²) in [6.07, 6.45) is 4.13. The molecule has 0 unspecified atom stereocenters. The first-order chi connectivity index (χ1) is 12.2. The van der Waals surface area contributed by atoms with Crippen LogP contribution in [0.5, 0.6) is 0 Å². The molecule has 6 heteroatoms. The molecule has 0 atom stereocenters. The van der Waals surface area contributed by atoms with Gasteiger partial charge in [0.05, 0.1) is 17.4 Å². The molecular formula is C19H23N5O. The second kappa shape index (κ2) is 6.72. The maximum atomic E-state index is 12.3. The lowest BCUT2D eigenvalue weighted by molar-refractivity contribution is 0.102. The molecule has 2 bridgehead atoms. The lowest BCUT2D eigenvalue weighted by Gasteiger charge is -2.32. The predicted octanol–water partition coefficient (Wildman–Crippen LogP) is 2.20. The molecule has 3 fully saturated rings. The quantitative estimate of drug-likeness (QED) is 0.840. The number of fused-ring (bicyclic) bond motifs is 4. The van der Waals surface area contributed by atoms with E-state index in [-0.39, 0.29) is 5.91 Å². The Morgan fingerprint density at radius 2 is 1.88 bits per heavy atom. The number of rotatable bonds is 3. The van der Waals surface area contributed by atoms with E-state index in [1.807, 2.05) is 18.2 Å². The number of nitrogens with two attached hydrogens (primary N) is 1. The van der Waals surface area contributed by atoms with Crippen LogP contribution >= 0.6 is 0 Å². The zero-order valence-electron chi connectivity index (χ0n) is 14.2. The molecule has 3 aliphatic rings. The Hall–Kier alpha value is -2.60. The van der Waals surface area contributed by atoms with Crippen LogP contribution in [0, 0.1) is 0 Å². The number of benzene rings is 1. The minimum Gasteiger partial charge on any atom is -0.398 e. The molecule has 3 saturated heterocycles. The van der Waals surface area contributed by atoms with Gasteiger partial charge < -0.3 is 20.9 Å². The smallest absolute Gasteiger partial charge is 0.257 e. The van der Waals surface area contributed by atoms with Gasteiger partial charge in [-0.3, -0.25) is 4.79 Å². The number of amides is 1.